The molecule has 8 heteroatoms. The number of rotatable bonds is 4. The lowest BCUT2D eigenvalue weighted by atomic mass is 9.78. The van der Waals surface area contributed by atoms with Crippen molar-refractivity contribution < 1.29 is 24.2 Å². The summed E-state index contributed by atoms with van der Waals surface area (Å²) in [4.78, 5) is 45.1. The average Bonchev–Trinajstić information content (AvgIpc) is 3.18. The van der Waals surface area contributed by atoms with Crippen molar-refractivity contribution in [2.75, 3.05) is 24.7 Å². The lowest BCUT2D eigenvalue weighted by molar-refractivity contribution is -0.152. The molecule has 2 saturated heterocycles. The molecule has 6 atom stereocenters. The van der Waals surface area contributed by atoms with E-state index in [0.717, 1.165) is 16.5 Å². The number of cyclic esters (lactones) is 1. The largest absolute Gasteiger partial charge is 0.461 e. The van der Waals surface area contributed by atoms with E-state index in [2.05, 4.69) is 0 Å². The van der Waals surface area contributed by atoms with Crippen molar-refractivity contribution in [3.8, 4) is 0 Å². The number of amides is 2. The molecule has 192 valence electrons. The lowest BCUT2D eigenvalue weighted by Gasteiger charge is -2.39. The van der Waals surface area contributed by atoms with E-state index in [1.165, 1.54) is 11.8 Å². The number of aliphatic hydroxyl groups is 1. The molecule has 7 nitrogen and oxygen atoms in total. The first-order chi connectivity index (χ1) is 17.9. The minimum atomic E-state index is -0.932. The second-order valence-electron chi connectivity index (χ2n) is 10.5. The van der Waals surface area contributed by atoms with Crippen LogP contribution < -0.4 is 4.90 Å². The Balaban J connectivity index is 1.49. The van der Waals surface area contributed by atoms with Crippen LogP contribution in [0.2, 0.25) is 0 Å². The van der Waals surface area contributed by atoms with Gasteiger partial charge in [0.2, 0.25) is 5.91 Å². The Morgan fingerprint density at radius 3 is 2.62 bits per heavy atom. The quantitative estimate of drug-likeness (QED) is 0.494. The SMILES string of the molecule is CC(C)[C@H](CO)N1C(=O)[C@@H]2[C@@H]3C(=O)OCC=C[C@@H]3S[C@@]23C=CCN(c2ccc4ccccc4c2)C(=O)C13. The summed E-state index contributed by atoms with van der Waals surface area (Å²) >= 11 is 1.51. The molecule has 4 aliphatic heterocycles. The molecule has 1 N–H and O–H groups in total. The van der Waals surface area contributed by atoms with E-state index in [9.17, 15) is 19.5 Å². The molecule has 0 radical (unpaired) electrons. The summed E-state index contributed by atoms with van der Waals surface area (Å²) in [6, 6.07) is 12.5. The van der Waals surface area contributed by atoms with E-state index in [1.807, 2.05) is 80.6 Å². The van der Waals surface area contributed by atoms with Crippen LogP contribution in [0, 0.1) is 17.8 Å². The smallest absolute Gasteiger partial charge is 0.311 e. The molecule has 1 spiro atoms. The molecule has 0 bridgehead atoms. The number of thioether (sulfide) groups is 1. The Labute approximate surface area is 220 Å². The summed E-state index contributed by atoms with van der Waals surface area (Å²) in [7, 11) is 0. The molecule has 6 rings (SSSR count). The van der Waals surface area contributed by atoms with Gasteiger partial charge >= 0.3 is 5.97 Å². The van der Waals surface area contributed by atoms with Crippen LogP contribution in [0.3, 0.4) is 0 Å². The van der Waals surface area contributed by atoms with Gasteiger partial charge in [0.1, 0.15) is 12.6 Å². The van der Waals surface area contributed by atoms with Crippen molar-refractivity contribution in [3.05, 3.63) is 66.8 Å². The number of hydrogen-bond acceptors (Lipinski definition) is 6. The Kier molecular flexibility index (Phi) is 5.92. The first-order valence-electron chi connectivity index (χ1n) is 12.8. The first kappa shape index (κ1) is 24.2. The molecule has 2 aromatic carbocycles. The van der Waals surface area contributed by atoms with Gasteiger partial charge < -0.3 is 19.6 Å². The highest BCUT2D eigenvalue weighted by molar-refractivity contribution is 8.02. The fourth-order valence-electron chi connectivity index (χ4n) is 6.46. The summed E-state index contributed by atoms with van der Waals surface area (Å²) < 4.78 is 4.50. The number of fused-ring (bicyclic) bond motifs is 3. The second-order valence-corrected chi connectivity index (χ2v) is 12.0. The van der Waals surface area contributed by atoms with Gasteiger partial charge in [0.25, 0.3) is 5.91 Å². The summed E-state index contributed by atoms with van der Waals surface area (Å²) in [5.41, 5.74) is 0.753. The van der Waals surface area contributed by atoms with E-state index in [0.29, 0.717) is 6.54 Å². The Morgan fingerprint density at radius 2 is 1.86 bits per heavy atom. The monoisotopic (exact) mass is 518 g/mol. The summed E-state index contributed by atoms with van der Waals surface area (Å²) in [5, 5.41) is 12.2. The number of nitrogens with zero attached hydrogens (tertiary/aromatic N) is 2. The van der Waals surface area contributed by atoms with Gasteiger partial charge in [-0.15, -0.1) is 11.8 Å². The first-order valence-corrected chi connectivity index (χ1v) is 13.7. The van der Waals surface area contributed by atoms with Crippen LogP contribution in [0.25, 0.3) is 10.8 Å². The molecule has 0 aromatic heterocycles. The Morgan fingerprint density at radius 1 is 1.08 bits per heavy atom. The third kappa shape index (κ3) is 3.56. The summed E-state index contributed by atoms with van der Waals surface area (Å²) in [6.07, 6.45) is 7.69. The molecule has 1 unspecified atom stereocenters. The van der Waals surface area contributed by atoms with E-state index in [1.54, 1.807) is 9.80 Å². The molecule has 4 aliphatic rings. The Hall–Kier alpha value is -3.10. The molecule has 0 aliphatic carbocycles. The maximum absolute atomic E-state index is 14.5. The zero-order valence-corrected chi connectivity index (χ0v) is 21.6. The van der Waals surface area contributed by atoms with Gasteiger partial charge in [0.05, 0.1) is 29.2 Å². The topological polar surface area (TPSA) is 87.2 Å². The molecule has 0 saturated carbocycles. The maximum atomic E-state index is 14.5. The number of benzene rings is 2. The third-order valence-corrected chi connectivity index (χ3v) is 9.95. The maximum Gasteiger partial charge on any atom is 0.311 e. The minimum absolute atomic E-state index is 0.0826. The van der Waals surface area contributed by atoms with Gasteiger partial charge in [-0.1, -0.05) is 68.5 Å². The van der Waals surface area contributed by atoms with Crippen LogP contribution in [0.5, 0.6) is 0 Å². The minimum Gasteiger partial charge on any atom is -0.461 e. The molecule has 2 aromatic rings. The normalized spacial score (nSPS) is 31.7. The van der Waals surface area contributed by atoms with Crippen LogP contribution in [0.15, 0.2) is 66.8 Å². The zero-order chi connectivity index (χ0) is 25.9. The van der Waals surface area contributed by atoms with Crippen LogP contribution in [0.4, 0.5) is 5.69 Å². The standard InChI is InChI=1S/C29H30N2O5S/c1-17(2)21(16-32)31-25-27(34)30(20-11-10-18-7-3-4-8-19(18)15-20)13-6-12-29(25)24(26(31)33)23-22(37-29)9-5-14-36-28(23)35/h3-12,15,17,21-25,32H,13-14,16H2,1-2H3/t21-,22-,23+,24-,25?,29-/m0/s1. The van der Waals surface area contributed by atoms with Crippen molar-refractivity contribution in [3.63, 3.8) is 0 Å². The number of carbonyl (C=O) groups excluding carboxylic acids is 3. The van der Waals surface area contributed by atoms with Gasteiger partial charge in [0.15, 0.2) is 0 Å². The molecule has 2 fully saturated rings. The van der Waals surface area contributed by atoms with Crippen LogP contribution in [-0.2, 0) is 19.1 Å². The van der Waals surface area contributed by atoms with E-state index >= 15 is 0 Å². The predicted octanol–water partition coefficient (Wildman–Crippen LogP) is 3.17. The van der Waals surface area contributed by atoms with Gasteiger partial charge in [-0.25, -0.2) is 0 Å². The third-order valence-electron chi connectivity index (χ3n) is 8.21. The van der Waals surface area contributed by atoms with Gasteiger partial charge in [-0.2, -0.15) is 0 Å². The number of carbonyl (C=O) groups is 3. The molecular formula is C29H30N2O5S. The highest BCUT2D eigenvalue weighted by atomic mass is 32.2. The number of hydrogen-bond donors (Lipinski definition) is 1. The molecule has 4 heterocycles. The zero-order valence-electron chi connectivity index (χ0n) is 20.8. The second kappa shape index (κ2) is 9.03. The van der Waals surface area contributed by atoms with Crippen molar-refractivity contribution in [1.29, 1.82) is 0 Å². The number of ether oxygens (including phenoxy) is 1. The number of esters is 1. The van der Waals surface area contributed by atoms with E-state index in [-0.39, 0.29) is 36.2 Å². The number of likely N-dealkylation sites (tertiary alicyclic amines) is 1. The van der Waals surface area contributed by atoms with Gasteiger partial charge in [0, 0.05) is 17.5 Å². The number of aliphatic hydroxyl groups excluding tert-OH is 1. The van der Waals surface area contributed by atoms with Crippen molar-refractivity contribution >= 4 is 46.0 Å². The predicted molar refractivity (Wildman–Crippen MR) is 143 cm³/mol. The fourth-order valence-corrected chi connectivity index (χ4v) is 8.45. The summed E-state index contributed by atoms with van der Waals surface area (Å²) in [6.45, 7) is 4.14. The molecule has 37 heavy (non-hydrogen) atoms. The number of anilines is 1. The highest BCUT2D eigenvalue weighted by Crippen LogP contribution is 2.61. The van der Waals surface area contributed by atoms with Crippen molar-refractivity contribution in [1.82, 2.24) is 4.90 Å². The van der Waals surface area contributed by atoms with Gasteiger partial charge in [-0.3, -0.25) is 14.4 Å². The van der Waals surface area contributed by atoms with Crippen molar-refractivity contribution in [2.24, 2.45) is 17.8 Å². The Bertz CT molecular complexity index is 1340. The van der Waals surface area contributed by atoms with Crippen LogP contribution in [0.1, 0.15) is 13.8 Å². The van der Waals surface area contributed by atoms with Crippen LogP contribution >= 0.6 is 11.8 Å². The van der Waals surface area contributed by atoms with Crippen LogP contribution in [-0.4, -0.2) is 69.6 Å². The highest BCUT2D eigenvalue weighted by Gasteiger charge is 2.72. The molecule has 2 amide bonds. The van der Waals surface area contributed by atoms with Gasteiger partial charge in [-0.05, 0) is 28.8 Å². The van der Waals surface area contributed by atoms with E-state index in [4.69, 9.17) is 4.74 Å². The lowest BCUT2D eigenvalue weighted by Crippen LogP contribution is -2.57. The van der Waals surface area contributed by atoms with Crippen molar-refractivity contribution in [2.45, 2.75) is 35.9 Å². The summed E-state index contributed by atoms with van der Waals surface area (Å²) in [5.74, 6) is -2.37. The fraction of sp³-hybridized carbons (Fsp3) is 0.414. The average molecular weight is 519 g/mol. The molecular weight excluding hydrogens is 488 g/mol. The van der Waals surface area contributed by atoms with E-state index < -0.39 is 34.6 Å².